The van der Waals surface area contributed by atoms with Gasteiger partial charge in [-0.2, -0.15) is 5.10 Å². The zero-order chi connectivity index (χ0) is 14.8. The summed E-state index contributed by atoms with van der Waals surface area (Å²) >= 11 is 0. The molecule has 0 bridgehead atoms. The number of hydrazine groups is 1. The maximum atomic E-state index is 11.9. The molecule has 0 aliphatic rings. The van der Waals surface area contributed by atoms with Crippen molar-refractivity contribution in [3.8, 4) is 0 Å². The first-order valence-electron chi connectivity index (χ1n) is 6.55. The molecule has 0 atom stereocenters. The molecule has 5 nitrogen and oxygen atoms in total. The summed E-state index contributed by atoms with van der Waals surface area (Å²) < 4.78 is 1.69. The van der Waals surface area contributed by atoms with Crippen LogP contribution in [0.3, 0.4) is 0 Å². The Morgan fingerprint density at radius 1 is 1.30 bits per heavy atom. The van der Waals surface area contributed by atoms with Gasteiger partial charge in [-0.3, -0.25) is 14.9 Å². The smallest absolute Gasteiger partial charge is 0.283 e. The van der Waals surface area contributed by atoms with Crippen LogP contribution in [0, 0.1) is 0 Å². The Hall–Kier alpha value is -2.14. The van der Waals surface area contributed by atoms with Gasteiger partial charge in [-0.15, -0.1) is 0 Å². The Balaban J connectivity index is 2.40. The molecule has 0 saturated carbocycles. The molecule has 1 heterocycles. The van der Waals surface area contributed by atoms with Crippen LogP contribution in [-0.2, 0) is 12.0 Å². The number of nitrogens with two attached hydrogens (primary N) is 1. The number of benzene rings is 1. The summed E-state index contributed by atoms with van der Waals surface area (Å²) in [4.78, 5) is 11.9. The van der Waals surface area contributed by atoms with Crippen LogP contribution in [0.4, 0.5) is 0 Å². The third-order valence-corrected chi connectivity index (χ3v) is 3.09. The minimum Gasteiger partial charge on any atom is -0.289 e. The van der Waals surface area contributed by atoms with Crippen molar-refractivity contribution in [1.82, 2.24) is 15.2 Å². The SMILES string of the molecule is CC(C)(C)c1cc(C(=O)NN)n(Cc2ccccc2)n1. The molecule has 0 aliphatic carbocycles. The Morgan fingerprint density at radius 2 is 1.95 bits per heavy atom. The fourth-order valence-electron chi connectivity index (χ4n) is 1.92. The average molecular weight is 272 g/mol. The van der Waals surface area contributed by atoms with Gasteiger partial charge < -0.3 is 0 Å². The van der Waals surface area contributed by atoms with E-state index in [1.165, 1.54) is 0 Å². The van der Waals surface area contributed by atoms with Crippen molar-refractivity contribution in [2.45, 2.75) is 32.7 Å². The summed E-state index contributed by atoms with van der Waals surface area (Å²) in [7, 11) is 0. The quantitative estimate of drug-likeness (QED) is 0.508. The lowest BCUT2D eigenvalue weighted by Gasteiger charge is -2.14. The van der Waals surface area contributed by atoms with E-state index in [4.69, 9.17) is 5.84 Å². The van der Waals surface area contributed by atoms with Crippen molar-refractivity contribution < 1.29 is 4.79 Å². The number of aromatic nitrogens is 2. The molecule has 20 heavy (non-hydrogen) atoms. The highest BCUT2D eigenvalue weighted by atomic mass is 16.2. The number of rotatable bonds is 3. The molecule has 0 saturated heterocycles. The first kappa shape index (κ1) is 14.3. The molecule has 0 spiro atoms. The molecule has 106 valence electrons. The van der Waals surface area contributed by atoms with Gasteiger partial charge in [-0.1, -0.05) is 51.1 Å². The highest BCUT2D eigenvalue weighted by Crippen LogP contribution is 2.22. The van der Waals surface area contributed by atoms with E-state index in [0.717, 1.165) is 11.3 Å². The van der Waals surface area contributed by atoms with Crippen LogP contribution in [0.25, 0.3) is 0 Å². The van der Waals surface area contributed by atoms with E-state index in [0.29, 0.717) is 12.2 Å². The molecular formula is C15H20N4O. The zero-order valence-electron chi connectivity index (χ0n) is 12.1. The van der Waals surface area contributed by atoms with Crippen LogP contribution in [0.1, 0.15) is 42.5 Å². The third-order valence-electron chi connectivity index (χ3n) is 3.09. The van der Waals surface area contributed by atoms with E-state index in [-0.39, 0.29) is 11.3 Å². The highest BCUT2D eigenvalue weighted by Gasteiger charge is 2.22. The van der Waals surface area contributed by atoms with E-state index < -0.39 is 0 Å². The Labute approximate surface area is 118 Å². The lowest BCUT2D eigenvalue weighted by molar-refractivity contribution is 0.0943. The molecule has 2 rings (SSSR count). The second kappa shape index (κ2) is 5.46. The van der Waals surface area contributed by atoms with E-state index >= 15 is 0 Å². The van der Waals surface area contributed by atoms with Gasteiger partial charge in [0.2, 0.25) is 0 Å². The van der Waals surface area contributed by atoms with Crippen LogP contribution < -0.4 is 11.3 Å². The van der Waals surface area contributed by atoms with Crippen molar-refractivity contribution in [2.24, 2.45) is 5.84 Å². The van der Waals surface area contributed by atoms with Crippen LogP contribution >= 0.6 is 0 Å². The van der Waals surface area contributed by atoms with E-state index in [1.807, 2.05) is 30.3 Å². The first-order valence-corrected chi connectivity index (χ1v) is 6.55. The van der Waals surface area contributed by atoms with Gasteiger partial charge in [0.25, 0.3) is 5.91 Å². The summed E-state index contributed by atoms with van der Waals surface area (Å²) in [6, 6.07) is 11.7. The molecule has 1 aromatic carbocycles. The van der Waals surface area contributed by atoms with Crippen molar-refractivity contribution in [3.05, 3.63) is 53.3 Å². The summed E-state index contributed by atoms with van der Waals surface area (Å²) in [6.45, 7) is 6.73. The molecule has 0 aliphatic heterocycles. The number of carbonyl (C=O) groups is 1. The van der Waals surface area contributed by atoms with Crippen LogP contribution in [0.5, 0.6) is 0 Å². The average Bonchev–Trinajstić information content (AvgIpc) is 2.83. The van der Waals surface area contributed by atoms with Crippen LogP contribution in [0.2, 0.25) is 0 Å². The molecule has 1 aromatic heterocycles. The van der Waals surface area contributed by atoms with Crippen LogP contribution in [0.15, 0.2) is 36.4 Å². The number of amides is 1. The molecular weight excluding hydrogens is 252 g/mol. The van der Waals surface area contributed by atoms with E-state index in [1.54, 1.807) is 10.7 Å². The second-order valence-electron chi connectivity index (χ2n) is 5.78. The van der Waals surface area contributed by atoms with E-state index in [2.05, 4.69) is 31.3 Å². The molecule has 2 aromatic rings. The molecule has 0 unspecified atom stereocenters. The van der Waals surface area contributed by atoms with Gasteiger partial charge in [-0.25, -0.2) is 5.84 Å². The summed E-state index contributed by atoms with van der Waals surface area (Å²) in [5.41, 5.74) is 4.48. The predicted molar refractivity (Wildman–Crippen MR) is 78.1 cm³/mol. The Morgan fingerprint density at radius 3 is 2.50 bits per heavy atom. The van der Waals surface area contributed by atoms with Gasteiger partial charge in [-0.05, 0) is 11.6 Å². The maximum Gasteiger partial charge on any atom is 0.283 e. The van der Waals surface area contributed by atoms with Gasteiger partial charge >= 0.3 is 0 Å². The largest absolute Gasteiger partial charge is 0.289 e. The minimum atomic E-state index is -0.330. The zero-order valence-corrected chi connectivity index (χ0v) is 12.1. The summed E-state index contributed by atoms with van der Waals surface area (Å²) in [6.07, 6.45) is 0. The number of nitrogens with zero attached hydrogens (tertiary/aromatic N) is 2. The summed E-state index contributed by atoms with van der Waals surface area (Å²) in [5, 5.41) is 4.55. The lowest BCUT2D eigenvalue weighted by Crippen LogP contribution is -2.32. The molecule has 1 amide bonds. The Kier molecular flexibility index (Phi) is 3.90. The number of carbonyl (C=O) groups excluding carboxylic acids is 1. The monoisotopic (exact) mass is 272 g/mol. The Bertz CT molecular complexity index is 596. The van der Waals surface area contributed by atoms with Crippen molar-refractivity contribution in [2.75, 3.05) is 0 Å². The topological polar surface area (TPSA) is 72.9 Å². The standard InChI is InChI=1S/C15H20N4O/c1-15(2,3)13-9-12(14(20)17-16)19(18-13)10-11-7-5-4-6-8-11/h4-9H,10,16H2,1-3H3,(H,17,20). The van der Waals surface area contributed by atoms with Gasteiger partial charge in [0.1, 0.15) is 5.69 Å². The highest BCUT2D eigenvalue weighted by molar-refractivity contribution is 5.92. The second-order valence-corrected chi connectivity index (χ2v) is 5.78. The molecule has 3 N–H and O–H groups in total. The lowest BCUT2D eigenvalue weighted by atomic mass is 9.92. The number of hydrogen-bond acceptors (Lipinski definition) is 3. The van der Waals surface area contributed by atoms with Crippen LogP contribution in [-0.4, -0.2) is 15.7 Å². The van der Waals surface area contributed by atoms with Crippen molar-refractivity contribution in [1.29, 1.82) is 0 Å². The molecule has 5 heteroatoms. The van der Waals surface area contributed by atoms with E-state index in [9.17, 15) is 4.79 Å². The normalized spacial score (nSPS) is 11.4. The molecule has 0 radical (unpaired) electrons. The van der Waals surface area contributed by atoms with Gasteiger partial charge in [0, 0.05) is 5.41 Å². The minimum absolute atomic E-state index is 0.119. The predicted octanol–water partition coefficient (Wildman–Crippen LogP) is 1.83. The fourth-order valence-corrected chi connectivity index (χ4v) is 1.92. The maximum absolute atomic E-state index is 11.9. The fraction of sp³-hybridized carbons (Fsp3) is 0.333. The van der Waals surface area contributed by atoms with Crippen molar-refractivity contribution in [3.63, 3.8) is 0 Å². The number of hydrogen-bond donors (Lipinski definition) is 2. The summed E-state index contributed by atoms with van der Waals surface area (Å²) in [5.74, 6) is 4.91. The number of nitrogens with one attached hydrogen (secondary N) is 1. The van der Waals surface area contributed by atoms with Crippen molar-refractivity contribution >= 4 is 5.91 Å². The molecule has 0 fully saturated rings. The van der Waals surface area contributed by atoms with Gasteiger partial charge in [0.15, 0.2) is 0 Å². The first-order chi connectivity index (χ1) is 9.41. The van der Waals surface area contributed by atoms with Gasteiger partial charge in [0.05, 0.1) is 12.2 Å². The number of nitrogen functional groups attached to an aromatic ring is 1. The third kappa shape index (κ3) is 3.05.